The molecule has 0 atom stereocenters. The van der Waals surface area contributed by atoms with Crippen LogP contribution in [0.25, 0.3) is 10.4 Å². The number of benzene rings is 1. The maximum Gasteiger partial charge on any atom is 0.471 e. The highest BCUT2D eigenvalue weighted by Crippen LogP contribution is 2.38. The van der Waals surface area contributed by atoms with Crippen molar-refractivity contribution in [2.24, 2.45) is 0 Å². The molecule has 0 bridgehead atoms. The van der Waals surface area contributed by atoms with Crippen LogP contribution in [0.2, 0.25) is 5.02 Å². The van der Waals surface area contributed by atoms with Gasteiger partial charge in [-0.3, -0.25) is 4.79 Å². The molecule has 0 saturated carbocycles. The molecule has 4 nitrogen and oxygen atoms in total. The summed E-state index contributed by atoms with van der Waals surface area (Å²) in [5.41, 5.74) is 0.0407. The Morgan fingerprint density at radius 1 is 1.23 bits per heavy atom. The first-order chi connectivity index (χ1) is 10.2. The summed E-state index contributed by atoms with van der Waals surface area (Å²) in [5.74, 6) is -3.68. The summed E-state index contributed by atoms with van der Waals surface area (Å²) in [6.45, 7) is 0. The minimum atomic E-state index is -5.11. The Labute approximate surface area is 131 Å². The lowest BCUT2D eigenvalue weighted by Gasteiger charge is -2.06. The molecule has 9 heteroatoms. The number of carboxylic acid groups (broad SMARTS) is 1. The number of aromatic carboxylic acids is 1. The van der Waals surface area contributed by atoms with E-state index >= 15 is 0 Å². The van der Waals surface area contributed by atoms with Crippen molar-refractivity contribution in [2.75, 3.05) is 5.32 Å². The van der Waals surface area contributed by atoms with Gasteiger partial charge in [-0.05, 0) is 12.1 Å². The Bertz CT molecular complexity index is 742. The van der Waals surface area contributed by atoms with E-state index in [9.17, 15) is 22.8 Å². The third-order valence-electron chi connectivity index (χ3n) is 2.57. The highest BCUT2D eigenvalue weighted by atomic mass is 35.5. The van der Waals surface area contributed by atoms with Crippen molar-refractivity contribution in [3.63, 3.8) is 0 Å². The van der Waals surface area contributed by atoms with E-state index in [-0.39, 0.29) is 0 Å². The predicted octanol–water partition coefficient (Wildman–Crippen LogP) is 4.27. The van der Waals surface area contributed by atoms with E-state index < -0.39 is 28.6 Å². The number of alkyl halides is 3. The minimum absolute atomic E-state index is 0.314. The second-order valence-electron chi connectivity index (χ2n) is 4.09. The van der Waals surface area contributed by atoms with Crippen molar-refractivity contribution in [3.05, 3.63) is 40.2 Å². The van der Waals surface area contributed by atoms with Crippen LogP contribution in [0.5, 0.6) is 0 Å². The smallest absolute Gasteiger partial charge is 0.471 e. The third kappa shape index (κ3) is 3.40. The van der Waals surface area contributed by atoms with Gasteiger partial charge in [0.05, 0.1) is 5.69 Å². The molecule has 0 aliphatic heterocycles. The summed E-state index contributed by atoms with van der Waals surface area (Å²) in [6.07, 6.45) is -5.11. The number of anilines is 1. The fourth-order valence-electron chi connectivity index (χ4n) is 1.63. The fraction of sp³-hybridized carbons (Fsp3) is 0.0769. The van der Waals surface area contributed by atoms with Crippen LogP contribution in [-0.2, 0) is 4.79 Å². The molecular weight excluding hydrogens is 343 g/mol. The fourth-order valence-corrected chi connectivity index (χ4v) is 2.92. The van der Waals surface area contributed by atoms with Gasteiger partial charge in [0, 0.05) is 15.5 Å². The Morgan fingerprint density at radius 2 is 1.86 bits per heavy atom. The molecule has 1 aromatic carbocycles. The molecule has 0 radical (unpaired) electrons. The van der Waals surface area contributed by atoms with E-state index in [2.05, 4.69) is 0 Å². The molecule has 2 N–H and O–H groups in total. The number of carboxylic acids is 1. The molecule has 116 valence electrons. The molecule has 22 heavy (non-hydrogen) atoms. The van der Waals surface area contributed by atoms with Gasteiger partial charge in [0.1, 0.15) is 4.88 Å². The summed E-state index contributed by atoms with van der Waals surface area (Å²) in [4.78, 5) is 22.0. The Morgan fingerprint density at radius 3 is 2.41 bits per heavy atom. The van der Waals surface area contributed by atoms with Crippen molar-refractivity contribution in [1.82, 2.24) is 0 Å². The van der Waals surface area contributed by atoms with Gasteiger partial charge in [-0.2, -0.15) is 13.2 Å². The maximum atomic E-state index is 12.3. The molecule has 2 rings (SSSR count). The average Bonchev–Trinajstić information content (AvgIpc) is 2.82. The number of thiophene rings is 1. The van der Waals surface area contributed by atoms with Gasteiger partial charge >= 0.3 is 18.1 Å². The van der Waals surface area contributed by atoms with E-state index in [1.54, 1.807) is 29.6 Å². The Balaban J connectivity index is 2.45. The number of hydrogen-bond donors (Lipinski definition) is 2. The van der Waals surface area contributed by atoms with E-state index in [1.165, 1.54) is 0 Å². The van der Waals surface area contributed by atoms with Gasteiger partial charge < -0.3 is 10.4 Å². The van der Waals surface area contributed by atoms with Crippen molar-refractivity contribution in [2.45, 2.75) is 6.18 Å². The molecule has 1 aromatic heterocycles. The molecule has 0 saturated heterocycles. The second kappa shape index (κ2) is 5.98. The van der Waals surface area contributed by atoms with Crippen LogP contribution in [0.3, 0.4) is 0 Å². The highest BCUT2D eigenvalue weighted by Gasteiger charge is 2.39. The maximum absolute atomic E-state index is 12.3. The molecule has 0 unspecified atom stereocenters. The lowest BCUT2D eigenvalue weighted by atomic mass is 10.2. The predicted molar refractivity (Wildman–Crippen MR) is 76.4 cm³/mol. The van der Waals surface area contributed by atoms with Crippen LogP contribution in [0.1, 0.15) is 9.67 Å². The average molecular weight is 350 g/mol. The quantitative estimate of drug-likeness (QED) is 0.869. The van der Waals surface area contributed by atoms with Crippen LogP contribution >= 0.6 is 22.9 Å². The van der Waals surface area contributed by atoms with Crippen LogP contribution in [0.4, 0.5) is 18.9 Å². The zero-order valence-corrected chi connectivity index (χ0v) is 12.1. The van der Waals surface area contributed by atoms with Gasteiger partial charge in [-0.1, -0.05) is 29.8 Å². The lowest BCUT2D eigenvalue weighted by Crippen LogP contribution is -2.30. The number of halogens is 4. The van der Waals surface area contributed by atoms with Gasteiger partial charge in [0.15, 0.2) is 0 Å². The van der Waals surface area contributed by atoms with Crippen molar-refractivity contribution in [1.29, 1.82) is 0 Å². The van der Waals surface area contributed by atoms with Crippen LogP contribution in [0.15, 0.2) is 30.3 Å². The number of hydrogen-bond acceptors (Lipinski definition) is 3. The molecule has 0 fully saturated rings. The van der Waals surface area contributed by atoms with Crippen LogP contribution in [0, 0.1) is 0 Å². The number of carbonyl (C=O) groups excluding carboxylic acids is 1. The first-order valence-corrected chi connectivity index (χ1v) is 6.90. The zero-order chi connectivity index (χ0) is 16.5. The van der Waals surface area contributed by atoms with E-state index in [0.717, 1.165) is 17.4 Å². The number of rotatable bonds is 3. The minimum Gasteiger partial charge on any atom is -0.477 e. The molecular formula is C13H7ClF3NO3S. The first-order valence-electron chi connectivity index (χ1n) is 5.70. The summed E-state index contributed by atoms with van der Waals surface area (Å²) < 4.78 is 36.9. The van der Waals surface area contributed by atoms with Crippen LogP contribution < -0.4 is 5.32 Å². The largest absolute Gasteiger partial charge is 0.477 e. The summed E-state index contributed by atoms with van der Waals surface area (Å²) in [7, 11) is 0. The third-order valence-corrected chi connectivity index (χ3v) is 4.06. The number of nitrogens with one attached hydrogen (secondary N) is 1. The van der Waals surface area contributed by atoms with Crippen molar-refractivity contribution < 1.29 is 27.9 Å². The Hall–Kier alpha value is -2.06. The van der Waals surface area contributed by atoms with Crippen molar-refractivity contribution >= 4 is 40.5 Å². The molecule has 0 spiro atoms. The Kier molecular flexibility index (Phi) is 4.43. The van der Waals surface area contributed by atoms with Crippen LogP contribution in [-0.4, -0.2) is 23.2 Å². The topological polar surface area (TPSA) is 66.4 Å². The van der Waals surface area contributed by atoms with E-state index in [0.29, 0.717) is 15.5 Å². The second-order valence-corrected chi connectivity index (χ2v) is 5.55. The van der Waals surface area contributed by atoms with Crippen molar-refractivity contribution in [3.8, 4) is 10.4 Å². The standard InChI is InChI=1S/C13H7ClF3NO3S/c14-7-4-2-1-3-6(7)9-5-8(10(22-9)11(19)20)18-12(21)13(15,16)17/h1-5H,(H,18,21)(H,19,20). The number of carbonyl (C=O) groups is 2. The number of amides is 1. The summed E-state index contributed by atoms with van der Waals surface area (Å²) in [5, 5.41) is 10.9. The van der Waals surface area contributed by atoms with Gasteiger partial charge in [-0.25, -0.2) is 4.79 Å². The molecule has 1 heterocycles. The summed E-state index contributed by atoms with van der Waals surface area (Å²) in [6, 6.07) is 7.61. The normalized spacial score (nSPS) is 11.3. The molecule has 0 aliphatic rings. The highest BCUT2D eigenvalue weighted by molar-refractivity contribution is 7.18. The van der Waals surface area contributed by atoms with Gasteiger partial charge in [0.25, 0.3) is 0 Å². The SMILES string of the molecule is O=C(O)c1sc(-c2ccccc2Cl)cc1NC(=O)C(F)(F)F. The van der Waals surface area contributed by atoms with Gasteiger partial charge in [0.2, 0.25) is 0 Å². The van der Waals surface area contributed by atoms with E-state index in [4.69, 9.17) is 16.7 Å². The van der Waals surface area contributed by atoms with E-state index in [1.807, 2.05) is 0 Å². The summed E-state index contributed by atoms with van der Waals surface area (Å²) >= 11 is 6.69. The monoisotopic (exact) mass is 349 g/mol. The molecule has 1 amide bonds. The first kappa shape index (κ1) is 16.3. The lowest BCUT2D eigenvalue weighted by molar-refractivity contribution is -0.167. The molecule has 0 aliphatic carbocycles. The zero-order valence-electron chi connectivity index (χ0n) is 10.6. The van der Waals surface area contributed by atoms with Gasteiger partial charge in [-0.15, -0.1) is 11.3 Å². The molecule has 2 aromatic rings.